The molecule has 1 fully saturated rings. The molecule has 2 aliphatic heterocycles. The van der Waals surface area contributed by atoms with Gasteiger partial charge in [-0.25, -0.2) is 4.98 Å². The van der Waals surface area contributed by atoms with Crippen molar-refractivity contribution in [2.24, 2.45) is 0 Å². The smallest absolute Gasteiger partial charge is 0.259 e. The lowest BCUT2D eigenvalue weighted by atomic mass is 9.77. The van der Waals surface area contributed by atoms with E-state index >= 15 is 0 Å². The van der Waals surface area contributed by atoms with Gasteiger partial charge in [0.2, 0.25) is 0 Å². The number of aromatic nitrogens is 1. The van der Waals surface area contributed by atoms with Crippen molar-refractivity contribution in [3.05, 3.63) is 88.1 Å². The highest BCUT2D eigenvalue weighted by Crippen LogP contribution is 2.44. The number of amides is 2. The molecule has 7 heteroatoms. The second-order valence-corrected chi connectivity index (χ2v) is 9.12. The number of nitrogens with one attached hydrogen (secondary N) is 2. The summed E-state index contributed by atoms with van der Waals surface area (Å²) in [6, 6.07) is 16.5. The Labute approximate surface area is 198 Å². The molecule has 3 aromatic rings. The van der Waals surface area contributed by atoms with Gasteiger partial charge in [-0.05, 0) is 80.3 Å². The van der Waals surface area contributed by atoms with E-state index in [-0.39, 0.29) is 17.4 Å². The quantitative estimate of drug-likeness (QED) is 0.581. The molecule has 2 N–H and O–H groups in total. The highest BCUT2D eigenvalue weighted by atomic mass is 35.5. The van der Waals surface area contributed by atoms with Crippen LogP contribution in [0.5, 0.6) is 0 Å². The van der Waals surface area contributed by atoms with Gasteiger partial charge in [0, 0.05) is 34.6 Å². The minimum Gasteiger partial charge on any atom is -0.308 e. The third kappa shape index (κ3) is 4.01. The number of nitrogens with zero attached hydrogens (tertiary/aromatic N) is 2. The van der Waals surface area contributed by atoms with E-state index in [4.69, 9.17) is 11.6 Å². The van der Waals surface area contributed by atoms with Crippen LogP contribution in [0.25, 0.3) is 0 Å². The first kappa shape index (κ1) is 21.6. The third-order valence-corrected chi connectivity index (χ3v) is 6.89. The monoisotopic (exact) mass is 460 g/mol. The van der Waals surface area contributed by atoms with Crippen LogP contribution in [0.4, 0.5) is 11.5 Å². The van der Waals surface area contributed by atoms with Gasteiger partial charge < -0.3 is 15.5 Å². The van der Waals surface area contributed by atoms with Crippen LogP contribution in [0, 0.1) is 6.92 Å². The van der Waals surface area contributed by atoms with E-state index in [1.165, 1.54) is 6.20 Å². The second kappa shape index (κ2) is 8.61. The Bertz CT molecular complexity index is 1220. The van der Waals surface area contributed by atoms with Crippen LogP contribution < -0.4 is 15.5 Å². The fourth-order valence-electron chi connectivity index (χ4n) is 4.76. The summed E-state index contributed by atoms with van der Waals surface area (Å²) in [6.45, 7) is 3.49. The highest BCUT2D eigenvalue weighted by molar-refractivity contribution is 6.30. The molecule has 3 heterocycles. The predicted octanol–water partition coefficient (Wildman–Crippen LogP) is 4.92. The molecular formula is C26H25ClN4O2. The van der Waals surface area contributed by atoms with E-state index in [1.54, 1.807) is 18.2 Å². The number of halogens is 1. The predicted molar refractivity (Wildman–Crippen MR) is 130 cm³/mol. The molecule has 2 aromatic carbocycles. The van der Waals surface area contributed by atoms with Gasteiger partial charge in [-0.1, -0.05) is 29.8 Å². The van der Waals surface area contributed by atoms with Crippen molar-refractivity contribution in [1.29, 1.82) is 0 Å². The molecule has 33 heavy (non-hydrogen) atoms. The minimum absolute atomic E-state index is 0.1000. The summed E-state index contributed by atoms with van der Waals surface area (Å²) in [5.41, 5.74) is 3.84. The van der Waals surface area contributed by atoms with E-state index in [9.17, 15) is 9.59 Å². The number of carbonyl (C=O) groups excluding carboxylic acids is 2. The number of hydrogen-bond acceptors (Lipinski definition) is 4. The number of aryl methyl sites for hydroxylation is 1. The average molecular weight is 461 g/mol. The molecule has 168 valence electrons. The molecular weight excluding hydrogens is 436 g/mol. The summed E-state index contributed by atoms with van der Waals surface area (Å²) in [7, 11) is 0. The number of hydrogen-bond donors (Lipinski definition) is 2. The molecule has 2 amide bonds. The van der Waals surface area contributed by atoms with Gasteiger partial charge in [-0.15, -0.1) is 0 Å². The zero-order valence-electron chi connectivity index (χ0n) is 18.4. The first-order valence-electron chi connectivity index (χ1n) is 11.2. The molecule has 2 aliphatic rings. The van der Waals surface area contributed by atoms with Crippen molar-refractivity contribution >= 4 is 34.9 Å². The first-order chi connectivity index (χ1) is 16.0. The maximum Gasteiger partial charge on any atom is 0.259 e. The third-order valence-electron chi connectivity index (χ3n) is 6.65. The largest absolute Gasteiger partial charge is 0.308 e. The molecule has 1 spiro atoms. The van der Waals surface area contributed by atoms with Crippen molar-refractivity contribution in [2.45, 2.75) is 31.7 Å². The fraction of sp³-hybridized carbons (Fsp3) is 0.269. The Morgan fingerprint density at radius 3 is 2.64 bits per heavy atom. The second-order valence-electron chi connectivity index (χ2n) is 8.68. The van der Waals surface area contributed by atoms with E-state index in [1.807, 2.05) is 48.2 Å². The summed E-state index contributed by atoms with van der Waals surface area (Å²) in [6.07, 6.45) is 4.42. The Balaban J connectivity index is 1.38. The molecule has 0 saturated carbocycles. The average Bonchev–Trinajstić information content (AvgIpc) is 2.96. The van der Waals surface area contributed by atoms with Crippen molar-refractivity contribution in [3.63, 3.8) is 0 Å². The van der Waals surface area contributed by atoms with Crippen molar-refractivity contribution in [3.8, 4) is 0 Å². The van der Waals surface area contributed by atoms with Crippen LogP contribution >= 0.6 is 11.6 Å². The molecule has 1 aromatic heterocycles. The Morgan fingerprint density at radius 1 is 1.12 bits per heavy atom. The lowest BCUT2D eigenvalue weighted by Crippen LogP contribution is -2.54. The molecule has 5 rings (SSSR count). The molecule has 6 nitrogen and oxygen atoms in total. The zero-order chi connectivity index (χ0) is 23.0. The number of fused-ring (bicyclic) bond motifs is 2. The molecule has 1 saturated heterocycles. The normalized spacial score (nSPS) is 19.4. The highest BCUT2D eigenvalue weighted by Gasteiger charge is 2.42. The van der Waals surface area contributed by atoms with Crippen LogP contribution in [0.3, 0.4) is 0 Å². The number of pyridine rings is 1. The van der Waals surface area contributed by atoms with Gasteiger partial charge in [-0.2, -0.15) is 0 Å². The number of rotatable bonds is 3. The van der Waals surface area contributed by atoms with Gasteiger partial charge in [0.15, 0.2) is 0 Å². The molecule has 1 atom stereocenters. The van der Waals surface area contributed by atoms with E-state index in [0.29, 0.717) is 28.5 Å². The first-order valence-corrected chi connectivity index (χ1v) is 11.5. The lowest BCUT2D eigenvalue weighted by molar-refractivity contribution is 0.0985. The van der Waals surface area contributed by atoms with Crippen molar-refractivity contribution < 1.29 is 9.59 Å². The van der Waals surface area contributed by atoms with Crippen LogP contribution in [-0.2, 0) is 5.54 Å². The maximum absolute atomic E-state index is 13.5. The maximum atomic E-state index is 13.5. The SMILES string of the molecule is Cc1ccccc1C(=O)Nc1ccc(C(=O)N2CCCC3(CCN3)c3cc(Cl)ccc32)cn1. The number of carbonyl (C=O) groups is 2. The van der Waals surface area contributed by atoms with Gasteiger partial charge in [0.25, 0.3) is 11.8 Å². The summed E-state index contributed by atoms with van der Waals surface area (Å²) in [5.74, 6) is 0.0657. The van der Waals surface area contributed by atoms with Gasteiger partial charge in [0.1, 0.15) is 5.82 Å². The van der Waals surface area contributed by atoms with E-state index < -0.39 is 0 Å². The van der Waals surface area contributed by atoms with E-state index in [0.717, 1.165) is 42.6 Å². The standard InChI is InChI=1S/C26H25ClN4O2/c1-17-5-2-3-6-20(17)24(32)30-23-10-7-18(16-28-23)25(33)31-14-4-11-26(12-13-29-26)21-15-19(27)8-9-22(21)31/h2-3,5-10,15-16,29H,4,11-14H2,1H3,(H,28,30,32). The molecule has 0 bridgehead atoms. The van der Waals surface area contributed by atoms with Crippen molar-refractivity contribution in [2.75, 3.05) is 23.3 Å². The van der Waals surface area contributed by atoms with E-state index in [2.05, 4.69) is 15.6 Å². The summed E-state index contributed by atoms with van der Waals surface area (Å²) >= 11 is 6.32. The topological polar surface area (TPSA) is 74.3 Å². The van der Waals surface area contributed by atoms with Crippen LogP contribution in [0.2, 0.25) is 5.02 Å². The zero-order valence-corrected chi connectivity index (χ0v) is 19.2. The Morgan fingerprint density at radius 2 is 1.94 bits per heavy atom. The number of anilines is 2. The fourth-order valence-corrected chi connectivity index (χ4v) is 4.94. The summed E-state index contributed by atoms with van der Waals surface area (Å²) in [5, 5.41) is 7.05. The minimum atomic E-state index is -0.226. The van der Waals surface area contributed by atoms with Gasteiger partial charge in [-0.3, -0.25) is 9.59 Å². The van der Waals surface area contributed by atoms with Crippen LogP contribution in [0.1, 0.15) is 51.1 Å². The lowest BCUT2D eigenvalue weighted by Gasteiger charge is -2.44. The van der Waals surface area contributed by atoms with Gasteiger partial charge in [0.05, 0.1) is 5.56 Å². The van der Waals surface area contributed by atoms with Gasteiger partial charge >= 0.3 is 0 Å². The van der Waals surface area contributed by atoms with Crippen LogP contribution in [0.15, 0.2) is 60.8 Å². The Hall–Kier alpha value is -3.22. The molecule has 1 unspecified atom stereocenters. The number of benzene rings is 2. The Kier molecular flexibility index (Phi) is 5.64. The molecule has 0 aliphatic carbocycles. The van der Waals surface area contributed by atoms with Crippen LogP contribution in [-0.4, -0.2) is 29.9 Å². The summed E-state index contributed by atoms with van der Waals surface area (Å²) in [4.78, 5) is 32.2. The van der Waals surface area contributed by atoms with Crippen molar-refractivity contribution in [1.82, 2.24) is 10.3 Å². The molecule has 0 radical (unpaired) electrons. The summed E-state index contributed by atoms with van der Waals surface area (Å²) < 4.78 is 0.